The van der Waals surface area contributed by atoms with Crippen LogP contribution < -0.4 is 4.90 Å². The minimum atomic E-state index is -1.40. The van der Waals surface area contributed by atoms with Crippen LogP contribution in [0, 0.1) is 9.54 Å². The fourth-order valence-electron chi connectivity index (χ4n) is 1.87. The van der Waals surface area contributed by atoms with Crippen LogP contribution in [0.4, 0.5) is 5.95 Å². The molecule has 1 aromatic rings. The third-order valence-electron chi connectivity index (χ3n) is 2.73. The predicted octanol–water partition coefficient (Wildman–Crippen LogP) is 3.90. The van der Waals surface area contributed by atoms with E-state index in [1.54, 1.807) is 0 Å². The Bertz CT molecular complexity index is 508. The topological polar surface area (TPSA) is 75.4 Å². The molecule has 25 heavy (non-hydrogen) atoms. The Hall–Kier alpha value is -0.653. The second kappa shape index (κ2) is 15.6. The van der Waals surface area contributed by atoms with Gasteiger partial charge in [0.15, 0.2) is 4.77 Å². The van der Waals surface area contributed by atoms with Crippen molar-refractivity contribution in [1.29, 1.82) is 0 Å². The number of hydrogen-bond donors (Lipinski definition) is 2. The molecule has 145 valence electrons. The smallest absolute Gasteiger partial charge is 0.371 e. The van der Waals surface area contributed by atoms with E-state index in [1.807, 2.05) is 20.8 Å². The van der Waals surface area contributed by atoms with Gasteiger partial charge in [0.25, 0.3) is 0 Å². The van der Waals surface area contributed by atoms with Gasteiger partial charge in [-0.05, 0) is 58.0 Å². The molecule has 1 aromatic heterocycles. The average Bonchev–Trinajstić information content (AvgIpc) is 2.55. The van der Waals surface area contributed by atoms with Crippen molar-refractivity contribution in [3.63, 3.8) is 0 Å². The van der Waals surface area contributed by atoms with E-state index < -0.39 is 9.53 Å². The molecule has 0 aromatic carbocycles. The number of aromatic nitrogens is 3. The molecule has 0 aliphatic heterocycles. The maximum absolute atomic E-state index is 5.18. The lowest BCUT2D eigenvalue weighted by Crippen LogP contribution is -2.27. The van der Waals surface area contributed by atoms with Gasteiger partial charge >= 0.3 is 9.53 Å². The van der Waals surface area contributed by atoms with Crippen LogP contribution in [0.25, 0.3) is 0 Å². The van der Waals surface area contributed by atoms with Gasteiger partial charge in [-0.25, -0.2) is 0 Å². The highest BCUT2D eigenvalue weighted by atomic mass is 32.1. The first kappa shape index (κ1) is 24.3. The number of hydrogen-bond acceptors (Lipinski definition) is 7. The van der Waals surface area contributed by atoms with Crippen LogP contribution in [0.1, 0.15) is 47.5 Å². The van der Waals surface area contributed by atoms with Gasteiger partial charge in [-0.1, -0.05) is 13.8 Å². The molecule has 10 heteroatoms. The van der Waals surface area contributed by atoms with Crippen molar-refractivity contribution >= 4 is 39.9 Å². The lowest BCUT2D eigenvalue weighted by molar-refractivity contribution is 0.107. The van der Waals surface area contributed by atoms with E-state index >= 15 is 0 Å². The number of nitrogens with one attached hydrogen (secondary N) is 2. The van der Waals surface area contributed by atoms with Gasteiger partial charge in [-0.2, -0.15) is 4.98 Å². The Morgan fingerprint density at radius 2 is 1.36 bits per heavy atom. The highest BCUT2D eigenvalue weighted by Gasteiger charge is 2.15. The van der Waals surface area contributed by atoms with E-state index in [2.05, 4.69) is 33.7 Å². The van der Waals surface area contributed by atoms with Crippen molar-refractivity contribution in [1.82, 2.24) is 15.0 Å². The molecule has 7 nitrogen and oxygen atoms in total. The van der Waals surface area contributed by atoms with Gasteiger partial charge in [0.1, 0.15) is 0 Å². The molecule has 0 aliphatic carbocycles. The summed E-state index contributed by atoms with van der Waals surface area (Å²) in [4.78, 5) is 12.2. The number of anilines is 1. The molecule has 0 unspecified atom stereocenters. The van der Waals surface area contributed by atoms with Gasteiger partial charge < -0.3 is 28.1 Å². The van der Waals surface area contributed by atoms with E-state index in [-0.39, 0.29) is 0 Å². The fraction of sp³-hybridized carbons (Fsp3) is 0.800. The first-order valence-corrected chi connectivity index (χ1v) is 10.8. The Balaban J connectivity index is 0.000000504. The van der Waals surface area contributed by atoms with Crippen molar-refractivity contribution in [2.45, 2.75) is 47.5 Å². The van der Waals surface area contributed by atoms with Crippen molar-refractivity contribution < 1.29 is 13.3 Å². The molecular weight excluding hydrogens is 376 g/mol. The minimum Gasteiger partial charge on any atom is -0.371 e. The van der Waals surface area contributed by atoms with Crippen LogP contribution in [0.5, 0.6) is 0 Å². The quantitative estimate of drug-likeness (QED) is 0.425. The van der Waals surface area contributed by atoms with Crippen LogP contribution in [0.3, 0.4) is 0 Å². The molecular formula is C15H31N4O3S2Si. The monoisotopic (exact) mass is 407 g/mol. The van der Waals surface area contributed by atoms with Gasteiger partial charge in [0, 0.05) is 32.9 Å². The number of aromatic amines is 2. The molecule has 0 saturated carbocycles. The average molecular weight is 408 g/mol. The number of rotatable bonds is 11. The molecule has 1 rings (SSSR count). The fourth-order valence-corrected chi connectivity index (χ4v) is 3.27. The highest BCUT2D eigenvalue weighted by molar-refractivity contribution is 7.71. The van der Waals surface area contributed by atoms with E-state index in [1.165, 1.54) is 0 Å². The van der Waals surface area contributed by atoms with Gasteiger partial charge in [-0.3, -0.25) is 0 Å². The Morgan fingerprint density at radius 1 is 0.880 bits per heavy atom. The zero-order chi connectivity index (χ0) is 19.1. The SMILES string of the molecule is CCCN(CCC)c1nc(=S)[nH]c(=S)[nH]1.CCO[Si](OCC)OCC. The molecule has 0 spiro atoms. The second-order valence-electron chi connectivity index (χ2n) is 4.86. The predicted molar refractivity (Wildman–Crippen MR) is 108 cm³/mol. The molecule has 0 atom stereocenters. The zero-order valence-electron chi connectivity index (χ0n) is 15.9. The summed E-state index contributed by atoms with van der Waals surface area (Å²) in [5.74, 6) is 0.771. The van der Waals surface area contributed by atoms with Crippen LogP contribution >= 0.6 is 24.4 Å². The molecule has 0 aliphatic rings. The molecule has 0 amide bonds. The van der Waals surface area contributed by atoms with E-state index in [4.69, 9.17) is 37.7 Å². The molecule has 0 fully saturated rings. The maximum Gasteiger partial charge on any atom is 0.577 e. The lowest BCUT2D eigenvalue weighted by Gasteiger charge is -2.21. The summed E-state index contributed by atoms with van der Waals surface area (Å²) in [6.45, 7) is 14.0. The van der Waals surface area contributed by atoms with E-state index in [0.29, 0.717) is 29.4 Å². The number of H-pyrrole nitrogens is 2. The minimum absolute atomic E-state index is 0.436. The van der Waals surface area contributed by atoms with Crippen LogP contribution in [0.2, 0.25) is 0 Å². The standard InChI is InChI=1S/C9H16N4S2.C6H15O3Si/c1-3-5-13(6-4-2)7-10-8(14)12-9(15)11-7;1-4-7-10(8-5-2)9-6-3/h3-6H2,1-2H3,(H2,10,11,12,14,15);4-6H2,1-3H3. The molecule has 0 saturated heterocycles. The molecule has 1 heterocycles. The molecule has 0 bridgehead atoms. The zero-order valence-corrected chi connectivity index (χ0v) is 18.5. The van der Waals surface area contributed by atoms with Gasteiger partial charge in [0.05, 0.1) is 0 Å². The summed E-state index contributed by atoms with van der Waals surface area (Å²) in [6, 6.07) is 0. The first-order chi connectivity index (χ1) is 12.0. The Labute approximate surface area is 163 Å². The van der Waals surface area contributed by atoms with E-state index in [9.17, 15) is 0 Å². The normalized spacial score (nSPS) is 10.5. The molecule has 1 radical (unpaired) electrons. The number of nitrogens with zero attached hydrogens (tertiary/aromatic N) is 2. The lowest BCUT2D eigenvalue weighted by atomic mass is 10.4. The Morgan fingerprint density at radius 3 is 1.72 bits per heavy atom. The van der Waals surface area contributed by atoms with Gasteiger partial charge in [-0.15, -0.1) is 0 Å². The molecule has 2 N–H and O–H groups in total. The third kappa shape index (κ3) is 11.6. The van der Waals surface area contributed by atoms with Crippen molar-refractivity contribution in [2.75, 3.05) is 37.8 Å². The van der Waals surface area contributed by atoms with Crippen molar-refractivity contribution in [3.8, 4) is 0 Å². The van der Waals surface area contributed by atoms with E-state index in [0.717, 1.165) is 31.9 Å². The highest BCUT2D eigenvalue weighted by Crippen LogP contribution is 2.06. The maximum atomic E-state index is 5.18. The second-order valence-corrected chi connectivity index (χ2v) is 7.02. The summed E-state index contributed by atoms with van der Waals surface area (Å²) in [5.41, 5.74) is 0. The van der Waals surface area contributed by atoms with Crippen LogP contribution in [-0.2, 0) is 13.3 Å². The summed E-state index contributed by atoms with van der Waals surface area (Å²) >= 11 is 10.0. The summed E-state index contributed by atoms with van der Waals surface area (Å²) < 4.78 is 16.5. The van der Waals surface area contributed by atoms with Crippen molar-refractivity contribution in [3.05, 3.63) is 9.54 Å². The largest absolute Gasteiger partial charge is 0.577 e. The van der Waals surface area contributed by atoms with Crippen LogP contribution in [0.15, 0.2) is 0 Å². The Kier molecular flexibility index (Phi) is 15.2. The van der Waals surface area contributed by atoms with Gasteiger partial charge in [0.2, 0.25) is 10.7 Å². The first-order valence-electron chi connectivity index (χ1n) is 8.73. The van der Waals surface area contributed by atoms with Crippen molar-refractivity contribution in [2.24, 2.45) is 0 Å². The summed E-state index contributed by atoms with van der Waals surface area (Å²) in [6.07, 6.45) is 2.15. The van der Waals surface area contributed by atoms with Crippen LogP contribution in [-0.4, -0.2) is 57.4 Å². The third-order valence-corrected chi connectivity index (χ3v) is 4.70. The summed E-state index contributed by atoms with van der Waals surface area (Å²) in [5, 5.41) is 0. The summed E-state index contributed by atoms with van der Waals surface area (Å²) in [7, 11) is -1.40.